The van der Waals surface area contributed by atoms with E-state index in [9.17, 15) is 9.90 Å². The average molecular weight is 259 g/mol. The Kier molecular flexibility index (Phi) is 6.38. The highest BCUT2D eigenvalue weighted by Gasteiger charge is 2.29. The second-order valence-corrected chi connectivity index (χ2v) is 5.02. The zero-order chi connectivity index (χ0) is 13.5. The Hall–Kier alpha value is -0.850. The zero-order valence-corrected chi connectivity index (χ0v) is 11.0. The van der Waals surface area contributed by atoms with Crippen molar-refractivity contribution in [1.82, 2.24) is 10.2 Å². The van der Waals surface area contributed by atoms with Gasteiger partial charge in [-0.2, -0.15) is 0 Å². The van der Waals surface area contributed by atoms with E-state index in [0.29, 0.717) is 26.1 Å². The molecule has 0 bridgehead atoms. The van der Waals surface area contributed by atoms with Crippen LogP contribution >= 0.6 is 0 Å². The number of primary amides is 1. The van der Waals surface area contributed by atoms with Crippen molar-refractivity contribution in [2.45, 2.75) is 38.3 Å². The molecular weight excluding hydrogens is 234 g/mol. The van der Waals surface area contributed by atoms with Crippen LogP contribution in [-0.2, 0) is 0 Å². The molecule has 0 saturated carbocycles. The average Bonchev–Trinajstić information content (AvgIpc) is 2.35. The molecule has 5 N–H and O–H groups in total. The summed E-state index contributed by atoms with van der Waals surface area (Å²) in [5, 5.41) is 21.7. The zero-order valence-electron chi connectivity index (χ0n) is 11.0. The van der Waals surface area contributed by atoms with E-state index in [1.165, 1.54) is 0 Å². The molecule has 0 radical (unpaired) electrons. The number of aliphatic hydroxyl groups excluding tert-OH is 2. The molecule has 6 heteroatoms. The topological polar surface area (TPSA) is 98.8 Å². The molecule has 6 nitrogen and oxygen atoms in total. The fraction of sp³-hybridized carbons (Fsp3) is 0.917. The number of likely N-dealkylation sites (tertiary alicyclic amines) is 1. The first-order valence-electron chi connectivity index (χ1n) is 6.63. The number of amides is 2. The van der Waals surface area contributed by atoms with Crippen LogP contribution in [0, 0.1) is 5.92 Å². The number of hydrogen-bond donors (Lipinski definition) is 4. The highest BCUT2D eigenvalue weighted by molar-refractivity contribution is 5.72. The Bertz CT molecular complexity index is 263. The number of carbonyl (C=O) groups is 1. The third-order valence-corrected chi connectivity index (χ3v) is 3.47. The van der Waals surface area contributed by atoms with Gasteiger partial charge in [0.25, 0.3) is 0 Å². The van der Waals surface area contributed by atoms with E-state index in [4.69, 9.17) is 10.8 Å². The van der Waals surface area contributed by atoms with E-state index in [1.54, 1.807) is 4.90 Å². The standard InChI is InChI=1S/C12H25N3O3/c1-2-11(17)6-9-5-10(14-3-4-16)8-15(7-9)12(13)18/h9-11,14,16-17H,2-8H2,1H3,(H2,13,18). The Morgan fingerprint density at radius 3 is 2.83 bits per heavy atom. The summed E-state index contributed by atoms with van der Waals surface area (Å²) in [6, 6.07) is -0.269. The SMILES string of the molecule is CCC(O)CC1CC(NCCO)CN(C(N)=O)C1. The van der Waals surface area contributed by atoms with Gasteiger partial charge in [-0.25, -0.2) is 4.79 Å². The van der Waals surface area contributed by atoms with Crippen LogP contribution in [-0.4, -0.2) is 59.5 Å². The van der Waals surface area contributed by atoms with E-state index in [-0.39, 0.29) is 24.7 Å². The summed E-state index contributed by atoms with van der Waals surface area (Å²) < 4.78 is 0. The number of nitrogens with one attached hydrogen (secondary N) is 1. The van der Waals surface area contributed by atoms with Gasteiger partial charge in [0.05, 0.1) is 12.7 Å². The van der Waals surface area contributed by atoms with Gasteiger partial charge in [0.2, 0.25) is 0 Å². The number of piperidine rings is 1. The number of hydrogen-bond acceptors (Lipinski definition) is 4. The molecule has 1 rings (SSSR count). The molecule has 1 saturated heterocycles. The second-order valence-electron chi connectivity index (χ2n) is 5.02. The van der Waals surface area contributed by atoms with Gasteiger partial charge in [-0.15, -0.1) is 0 Å². The summed E-state index contributed by atoms with van der Waals surface area (Å²) in [5.41, 5.74) is 5.33. The number of nitrogens with zero attached hydrogens (tertiary/aromatic N) is 1. The highest BCUT2D eigenvalue weighted by atomic mass is 16.3. The van der Waals surface area contributed by atoms with Gasteiger partial charge in [0.1, 0.15) is 0 Å². The lowest BCUT2D eigenvalue weighted by atomic mass is 9.89. The van der Waals surface area contributed by atoms with Crippen molar-refractivity contribution in [2.75, 3.05) is 26.2 Å². The molecule has 2 amide bonds. The second kappa shape index (κ2) is 7.56. The summed E-state index contributed by atoms with van der Waals surface area (Å²) in [6.07, 6.45) is 2.00. The number of rotatable bonds is 6. The number of carbonyl (C=O) groups excluding carboxylic acids is 1. The van der Waals surface area contributed by atoms with Crippen molar-refractivity contribution in [3.8, 4) is 0 Å². The fourth-order valence-electron chi connectivity index (χ4n) is 2.52. The minimum atomic E-state index is -0.415. The maximum atomic E-state index is 11.3. The third kappa shape index (κ3) is 4.80. The van der Waals surface area contributed by atoms with E-state index in [1.807, 2.05) is 6.92 Å². The lowest BCUT2D eigenvalue weighted by Gasteiger charge is -2.38. The van der Waals surface area contributed by atoms with Crippen LogP contribution in [0.5, 0.6) is 0 Å². The number of nitrogens with two attached hydrogens (primary N) is 1. The summed E-state index contributed by atoms with van der Waals surface area (Å²) in [6.45, 7) is 3.73. The fourth-order valence-corrected chi connectivity index (χ4v) is 2.52. The van der Waals surface area contributed by atoms with Crippen LogP contribution < -0.4 is 11.1 Å². The van der Waals surface area contributed by atoms with Crippen molar-refractivity contribution < 1.29 is 15.0 Å². The van der Waals surface area contributed by atoms with Crippen LogP contribution in [0.2, 0.25) is 0 Å². The van der Waals surface area contributed by atoms with Crippen molar-refractivity contribution in [2.24, 2.45) is 11.7 Å². The van der Waals surface area contributed by atoms with Crippen LogP contribution in [0.4, 0.5) is 4.79 Å². The van der Waals surface area contributed by atoms with Crippen LogP contribution in [0.3, 0.4) is 0 Å². The van der Waals surface area contributed by atoms with Crippen LogP contribution in [0.1, 0.15) is 26.2 Å². The Labute approximate surface area is 108 Å². The molecule has 0 aromatic heterocycles. The maximum absolute atomic E-state index is 11.3. The molecular formula is C12H25N3O3. The predicted molar refractivity (Wildman–Crippen MR) is 69.1 cm³/mol. The molecule has 1 heterocycles. The third-order valence-electron chi connectivity index (χ3n) is 3.47. The summed E-state index contributed by atoms with van der Waals surface area (Å²) >= 11 is 0. The molecule has 0 aliphatic carbocycles. The molecule has 0 aromatic carbocycles. The largest absolute Gasteiger partial charge is 0.395 e. The molecule has 1 fully saturated rings. The van der Waals surface area contributed by atoms with Crippen LogP contribution in [0.15, 0.2) is 0 Å². The summed E-state index contributed by atoms with van der Waals surface area (Å²) in [5.74, 6) is 0.261. The maximum Gasteiger partial charge on any atom is 0.314 e. The Morgan fingerprint density at radius 2 is 2.28 bits per heavy atom. The Balaban J connectivity index is 2.53. The number of urea groups is 1. The first kappa shape index (κ1) is 15.2. The highest BCUT2D eigenvalue weighted by Crippen LogP contribution is 2.22. The quantitative estimate of drug-likeness (QED) is 0.517. The first-order valence-corrected chi connectivity index (χ1v) is 6.63. The molecule has 0 spiro atoms. The normalized spacial score (nSPS) is 26.1. The van der Waals surface area contributed by atoms with E-state index >= 15 is 0 Å². The van der Waals surface area contributed by atoms with E-state index in [2.05, 4.69) is 5.32 Å². The van der Waals surface area contributed by atoms with Gasteiger partial charge in [0.15, 0.2) is 0 Å². The number of aliphatic hydroxyl groups is 2. The van der Waals surface area contributed by atoms with E-state index < -0.39 is 6.03 Å². The minimum absolute atomic E-state index is 0.0787. The summed E-state index contributed by atoms with van der Waals surface area (Å²) in [7, 11) is 0. The van der Waals surface area contributed by atoms with Crippen molar-refractivity contribution in [3.63, 3.8) is 0 Å². The van der Waals surface area contributed by atoms with Crippen molar-refractivity contribution >= 4 is 6.03 Å². The van der Waals surface area contributed by atoms with Crippen molar-refractivity contribution in [3.05, 3.63) is 0 Å². The molecule has 18 heavy (non-hydrogen) atoms. The van der Waals surface area contributed by atoms with Gasteiger partial charge in [-0.3, -0.25) is 0 Å². The van der Waals surface area contributed by atoms with Crippen LogP contribution in [0.25, 0.3) is 0 Å². The molecule has 1 aliphatic rings. The molecule has 1 aliphatic heterocycles. The molecule has 106 valence electrons. The van der Waals surface area contributed by atoms with Gasteiger partial charge in [-0.1, -0.05) is 6.92 Å². The van der Waals surface area contributed by atoms with Gasteiger partial charge < -0.3 is 26.2 Å². The van der Waals surface area contributed by atoms with Gasteiger partial charge in [-0.05, 0) is 25.2 Å². The molecule has 3 atom stereocenters. The molecule has 3 unspecified atom stereocenters. The monoisotopic (exact) mass is 259 g/mol. The summed E-state index contributed by atoms with van der Waals surface area (Å²) in [4.78, 5) is 12.9. The first-order chi connectivity index (χ1) is 8.56. The van der Waals surface area contributed by atoms with E-state index in [0.717, 1.165) is 12.8 Å². The lowest BCUT2D eigenvalue weighted by Crippen LogP contribution is -2.53. The van der Waals surface area contributed by atoms with Crippen molar-refractivity contribution in [1.29, 1.82) is 0 Å². The molecule has 0 aromatic rings. The lowest BCUT2D eigenvalue weighted by molar-refractivity contribution is 0.0946. The smallest absolute Gasteiger partial charge is 0.314 e. The predicted octanol–water partition coefficient (Wildman–Crippen LogP) is -0.501. The Morgan fingerprint density at radius 1 is 1.56 bits per heavy atom. The minimum Gasteiger partial charge on any atom is -0.395 e. The van der Waals surface area contributed by atoms with Gasteiger partial charge in [0, 0.05) is 25.7 Å². The van der Waals surface area contributed by atoms with Gasteiger partial charge >= 0.3 is 6.03 Å².